The smallest absolute Gasteiger partial charge is 0.177 e. The number of aryl methyl sites for hydroxylation is 2. The number of nitrogens with zero attached hydrogens (tertiary/aromatic N) is 1. The largest absolute Gasteiger partial charge is 0.379 e. The molecule has 2 rings (SSSR count). The highest BCUT2D eigenvalue weighted by Gasteiger charge is 2.22. The Morgan fingerprint density at radius 3 is 2.94 bits per heavy atom. The lowest BCUT2D eigenvalue weighted by molar-refractivity contribution is 0.00200. The first kappa shape index (κ1) is 13.2. The highest BCUT2D eigenvalue weighted by atomic mass is 16.5. The van der Waals surface area contributed by atoms with E-state index in [0.717, 1.165) is 36.4 Å². The molecule has 0 aromatic heterocycles. The van der Waals surface area contributed by atoms with Crippen LogP contribution in [-0.2, 0) is 4.74 Å². The highest BCUT2D eigenvalue weighted by Crippen LogP contribution is 2.14. The summed E-state index contributed by atoms with van der Waals surface area (Å²) in [6, 6.07) is 6.38. The molecule has 1 aliphatic rings. The highest BCUT2D eigenvalue weighted by molar-refractivity contribution is 5.99. The minimum atomic E-state index is 0.213. The molecule has 18 heavy (non-hydrogen) atoms. The number of ether oxygens (including phenoxy) is 1. The minimum absolute atomic E-state index is 0.213. The molecule has 1 fully saturated rings. The Morgan fingerprint density at radius 1 is 1.44 bits per heavy atom. The van der Waals surface area contributed by atoms with Gasteiger partial charge in [-0.15, -0.1) is 0 Å². The van der Waals surface area contributed by atoms with Gasteiger partial charge in [0.15, 0.2) is 5.78 Å². The Hall–Kier alpha value is -1.19. The second-order valence-electron chi connectivity index (χ2n) is 5.14. The molecular weight excluding hydrogens is 226 g/mol. The van der Waals surface area contributed by atoms with Crippen molar-refractivity contribution in [2.24, 2.45) is 0 Å². The third-order valence-electron chi connectivity index (χ3n) is 3.55. The zero-order valence-corrected chi connectivity index (χ0v) is 11.4. The summed E-state index contributed by atoms with van der Waals surface area (Å²) in [6.07, 6.45) is 0. The summed E-state index contributed by atoms with van der Waals surface area (Å²) >= 11 is 0. The number of hydrogen-bond acceptors (Lipinski definition) is 3. The predicted octanol–water partition coefficient (Wildman–Crippen LogP) is 2.21. The summed E-state index contributed by atoms with van der Waals surface area (Å²) in [5, 5.41) is 0. The molecule has 0 N–H and O–H groups in total. The van der Waals surface area contributed by atoms with Crippen molar-refractivity contribution >= 4 is 5.78 Å². The van der Waals surface area contributed by atoms with Crippen LogP contribution in [0.3, 0.4) is 0 Å². The lowest BCUT2D eigenvalue weighted by Crippen LogP contribution is -2.46. The van der Waals surface area contributed by atoms with Crippen molar-refractivity contribution in [1.82, 2.24) is 4.90 Å². The summed E-state index contributed by atoms with van der Waals surface area (Å²) < 4.78 is 5.39. The summed E-state index contributed by atoms with van der Waals surface area (Å²) in [7, 11) is 0. The molecule has 0 amide bonds. The molecule has 3 nitrogen and oxygen atoms in total. The van der Waals surface area contributed by atoms with Crippen molar-refractivity contribution in [1.29, 1.82) is 0 Å². The Balaban J connectivity index is 2.09. The molecule has 1 atom stereocenters. The van der Waals surface area contributed by atoms with Crippen molar-refractivity contribution in [2.45, 2.75) is 26.8 Å². The van der Waals surface area contributed by atoms with Crippen molar-refractivity contribution < 1.29 is 9.53 Å². The van der Waals surface area contributed by atoms with Crippen LogP contribution in [0, 0.1) is 13.8 Å². The second kappa shape index (κ2) is 5.63. The van der Waals surface area contributed by atoms with E-state index in [1.807, 2.05) is 32.0 Å². The van der Waals surface area contributed by atoms with Gasteiger partial charge in [-0.1, -0.05) is 17.7 Å². The molecule has 0 radical (unpaired) electrons. The van der Waals surface area contributed by atoms with E-state index in [2.05, 4.69) is 11.8 Å². The van der Waals surface area contributed by atoms with Gasteiger partial charge < -0.3 is 4.74 Å². The van der Waals surface area contributed by atoms with Gasteiger partial charge in [-0.05, 0) is 32.4 Å². The summed E-state index contributed by atoms with van der Waals surface area (Å²) in [6.45, 7) is 8.91. The SMILES string of the molecule is Cc1ccc(C)c(C(=O)CN2CCOCC2C)c1. The average molecular weight is 247 g/mol. The average Bonchev–Trinajstić information content (AvgIpc) is 2.35. The van der Waals surface area contributed by atoms with Gasteiger partial charge >= 0.3 is 0 Å². The fourth-order valence-electron chi connectivity index (χ4n) is 2.30. The molecule has 1 aliphatic heterocycles. The molecule has 3 heteroatoms. The maximum absolute atomic E-state index is 12.3. The van der Waals surface area contributed by atoms with E-state index in [9.17, 15) is 4.79 Å². The molecule has 0 aliphatic carbocycles. The lowest BCUT2D eigenvalue weighted by atomic mass is 10.0. The lowest BCUT2D eigenvalue weighted by Gasteiger charge is -2.32. The second-order valence-corrected chi connectivity index (χ2v) is 5.14. The van der Waals surface area contributed by atoms with E-state index < -0.39 is 0 Å². The number of benzene rings is 1. The maximum Gasteiger partial charge on any atom is 0.177 e. The van der Waals surface area contributed by atoms with Gasteiger partial charge in [-0.25, -0.2) is 0 Å². The van der Waals surface area contributed by atoms with Gasteiger partial charge in [0.2, 0.25) is 0 Å². The van der Waals surface area contributed by atoms with Crippen molar-refractivity contribution in [3.63, 3.8) is 0 Å². The van der Waals surface area contributed by atoms with Crippen molar-refractivity contribution in [3.05, 3.63) is 34.9 Å². The van der Waals surface area contributed by atoms with Gasteiger partial charge in [0, 0.05) is 18.2 Å². The van der Waals surface area contributed by atoms with Gasteiger partial charge in [-0.2, -0.15) is 0 Å². The van der Waals surface area contributed by atoms with Crippen LogP contribution < -0.4 is 0 Å². The first-order chi connectivity index (χ1) is 8.58. The standard InChI is InChI=1S/C15H21NO2/c1-11-4-5-12(2)14(8-11)15(17)9-16-6-7-18-10-13(16)3/h4-5,8,13H,6-7,9-10H2,1-3H3. The van der Waals surface area contributed by atoms with E-state index in [0.29, 0.717) is 12.6 Å². The van der Waals surface area contributed by atoms with E-state index in [4.69, 9.17) is 4.74 Å². The molecule has 1 aromatic carbocycles. The summed E-state index contributed by atoms with van der Waals surface area (Å²) in [4.78, 5) is 14.6. The summed E-state index contributed by atoms with van der Waals surface area (Å²) in [5.41, 5.74) is 3.05. The zero-order chi connectivity index (χ0) is 13.1. The number of carbonyl (C=O) groups is 1. The van der Waals surface area contributed by atoms with Gasteiger partial charge in [0.05, 0.1) is 19.8 Å². The number of morpholine rings is 1. The fourth-order valence-corrected chi connectivity index (χ4v) is 2.30. The molecule has 1 heterocycles. The molecule has 1 aromatic rings. The first-order valence-electron chi connectivity index (χ1n) is 6.50. The van der Waals surface area contributed by atoms with Crippen LogP contribution in [0.5, 0.6) is 0 Å². The number of hydrogen-bond donors (Lipinski definition) is 0. The molecule has 1 unspecified atom stereocenters. The summed E-state index contributed by atoms with van der Waals surface area (Å²) in [5.74, 6) is 0.213. The van der Waals surface area contributed by atoms with Crippen LogP contribution >= 0.6 is 0 Å². The molecular formula is C15H21NO2. The van der Waals surface area contributed by atoms with Crippen LogP contribution in [0.1, 0.15) is 28.4 Å². The van der Waals surface area contributed by atoms with Crippen LogP contribution in [0.4, 0.5) is 0 Å². The van der Waals surface area contributed by atoms with E-state index >= 15 is 0 Å². The number of ketones is 1. The van der Waals surface area contributed by atoms with Gasteiger partial charge in [-0.3, -0.25) is 9.69 Å². The third kappa shape index (κ3) is 2.98. The monoisotopic (exact) mass is 247 g/mol. The van der Waals surface area contributed by atoms with Crippen LogP contribution in [0.25, 0.3) is 0 Å². The predicted molar refractivity (Wildman–Crippen MR) is 72.1 cm³/mol. The molecule has 0 bridgehead atoms. The Morgan fingerprint density at radius 2 is 2.22 bits per heavy atom. The third-order valence-corrected chi connectivity index (χ3v) is 3.55. The van der Waals surface area contributed by atoms with Gasteiger partial charge in [0.1, 0.15) is 0 Å². The Kier molecular flexibility index (Phi) is 4.15. The van der Waals surface area contributed by atoms with Crippen molar-refractivity contribution in [2.75, 3.05) is 26.3 Å². The quantitative estimate of drug-likeness (QED) is 0.767. The molecule has 1 saturated heterocycles. The zero-order valence-electron chi connectivity index (χ0n) is 11.4. The molecule has 98 valence electrons. The Bertz CT molecular complexity index is 442. The number of carbonyl (C=O) groups excluding carboxylic acids is 1. The Labute approximate surface area is 109 Å². The van der Waals surface area contributed by atoms with E-state index in [1.54, 1.807) is 0 Å². The van der Waals surface area contributed by atoms with Crippen molar-refractivity contribution in [3.8, 4) is 0 Å². The van der Waals surface area contributed by atoms with Crippen LogP contribution in [-0.4, -0.2) is 43.0 Å². The minimum Gasteiger partial charge on any atom is -0.379 e. The van der Waals surface area contributed by atoms with E-state index in [1.165, 1.54) is 0 Å². The van der Waals surface area contributed by atoms with E-state index in [-0.39, 0.29) is 5.78 Å². The van der Waals surface area contributed by atoms with Crippen LogP contribution in [0.2, 0.25) is 0 Å². The number of Topliss-reactive ketones (excluding diaryl/α,β-unsaturated/α-hetero) is 1. The molecule has 0 spiro atoms. The number of rotatable bonds is 3. The topological polar surface area (TPSA) is 29.5 Å². The van der Waals surface area contributed by atoms with Crippen LogP contribution in [0.15, 0.2) is 18.2 Å². The van der Waals surface area contributed by atoms with Gasteiger partial charge in [0.25, 0.3) is 0 Å². The maximum atomic E-state index is 12.3. The first-order valence-corrected chi connectivity index (χ1v) is 6.50. The fraction of sp³-hybridized carbons (Fsp3) is 0.533. The molecule has 0 saturated carbocycles. The normalized spacial score (nSPS) is 20.9.